The summed E-state index contributed by atoms with van der Waals surface area (Å²) in [7, 11) is 0. The third-order valence-corrected chi connectivity index (χ3v) is 7.50. The number of aliphatic hydroxyl groups excluding tert-OH is 1. The zero-order valence-electron chi connectivity index (χ0n) is 6.76. The standard InChI is InChI=1S/C10H12OS/c11-8-6-2-1-3-5-4(2)7(8)10(5)12-9(3)6/h2-11H,1H2. The molecule has 0 aromatic heterocycles. The molecule has 5 rings (SSSR count). The van der Waals surface area contributed by atoms with Crippen molar-refractivity contribution in [2.45, 2.75) is 23.0 Å². The minimum absolute atomic E-state index is 0.125. The third kappa shape index (κ3) is 0.327. The Hall–Kier alpha value is 0.310. The van der Waals surface area contributed by atoms with Crippen LogP contribution in [0.15, 0.2) is 0 Å². The van der Waals surface area contributed by atoms with Gasteiger partial charge < -0.3 is 5.11 Å². The van der Waals surface area contributed by atoms with E-state index in [9.17, 15) is 5.11 Å². The fraction of sp³-hybridized carbons (Fsp3) is 1.00. The van der Waals surface area contributed by atoms with Crippen LogP contribution in [0, 0.1) is 35.5 Å². The minimum atomic E-state index is 0.125. The summed E-state index contributed by atoms with van der Waals surface area (Å²) in [6.07, 6.45) is 1.61. The van der Waals surface area contributed by atoms with Crippen molar-refractivity contribution >= 4 is 11.8 Å². The molecular formula is C10H12OS. The Morgan fingerprint density at radius 1 is 0.917 bits per heavy atom. The maximum Gasteiger partial charge on any atom is 0.0623 e. The largest absolute Gasteiger partial charge is 0.392 e. The molecule has 1 nitrogen and oxygen atoms in total. The number of hydrogen-bond donors (Lipinski definition) is 1. The maximum absolute atomic E-state index is 10.1. The molecule has 1 heterocycles. The molecule has 0 aromatic carbocycles. The molecule has 2 heteroatoms. The first-order valence-corrected chi connectivity index (χ1v) is 6.16. The monoisotopic (exact) mass is 180 g/mol. The smallest absolute Gasteiger partial charge is 0.0623 e. The molecule has 0 spiro atoms. The van der Waals surface area contributed by atoms with Gasteiger partial charge in [-0.15, -0.1) is 0 Å². The SMILES string of the molecule is OC1C2C3CC4C2SC2C1C3C42. The van der Waals surface area contributed by atoms with Gasteiger partial charge in [-0.2, -0.15) is 11.8 Å². The lowest BCUT2D eigenvalue weighted by Gasteiger charge is -2.45. The van der Waals surface area contributed by atoms with Gasteiger partial charge >= 0.3 is 0 Å². The summed E-state index contributed by atoms with van der Waals surface area (Å²) in [6, 6.07) is 0. The normalized spacial score (nSPS) is 85.2. The van der Waals surface area contributed by atoms with Crippen LogP contribution < -0.4 is 0 Å². The molecule has 1 saturated heterocycles. The van der Waals surface area contributed by atoms with Crippen molar-refractivity contribution in [2.24, 2.45) is 35.5 Å². The van der Waals surface area contributed by atoms with E-state index < -0.39 is 0 Å². The Labute approximate surface area is 75.9 Å². The van der Waals surface area contributed by atoms with Crippen LogP contribution in [0.5, 0.6) is 0 Å². The number of aliphatic hydroxyl groups is 1. The second kappa shape index (κ2) is 1.40. The Morgan fingerprint density at radius 3 is 2.75 bits per heavy atom. The zero-order chi connectivity index (χ0) is 7.61. The summed E-state index contributed by atoms with van der Waals surface area (Å²) in [6.45, 7) is 0. The molecule has 0 amide bonds. The fourth-order valence-electron chi connectivity index (χ4n) is 5.51. The van der Waals surface area contributed by atoms with Crippen LogP contribution in [0.4, 0.5) is 0 Å². The van der Waals surface area contributed by atoms with Crippen LogP contribution in [0.2, 0.25) is 0 Å². The number of rotatable bonds is 0. The molecule has 4 saturated carbocycles. The molecule has 1 aliphatic heterocycles. The Morgan fingerprint density at radius 2 is 1.83 bits per heavy atom. The highest BCUT2D eigenvalue weighted by Gasteiger charge is 2.81. The first-order valence-electron chi connectivity index (χ1n) is 5.21. The van der Waals surface area contributed by atoms with Crippen molar-refractivity contribution in [3.05, 3.63) is 0 Å². The molecule has 2 bridgehead atoms. The Balaban J connectivity index is 1.86. The quantitative estimate of drug-likeness (QED) is 0.599. The first kappa shape index (κ1) is 5.92. The third-order valence-electron chi connectivity index (χ3n) is 5.58. The van der Waals surface area contributed by atoms with E-state index in [4.69, 9.17) is 0 Å². The first-order chi connectivity index (χ1) is 5.88. The van der Waals surface area contributed by atoms with E-state index in [0.717, 1.165) is 46.0 Å². The van der Waals surface area contributed by atoms with Gasteiger partial charge in [0.05, 0.1) is 6.10 Å². The van der Waals surface area contributed by atoms with Crippen molar-refractivity contribution in [3.8, 4) is 0 Å². The van der Waals surface area contributed by atoms with Gasteiger partial charge in [0, 0.05) is 22.3 Å². The second-order valence-electron chi connectivity index (χ2n) is 5.43. The summed E-state index contributed by atoms with van der Waals surface area (Å²) in [5.74, 6) is 5.57. The lowest BCUT2D eigenvalue weighted by atomic mass is 9.64. The van der Waals surface area contributed by atoms with Crippen LogP contribution in [-0.4, -0.2) is 21.7 Å². The Kier molecular flexibility index (Phi) is 0.690. The van der Waals surface area contributed by atoms with E-state index in [1.165, 1.54) is 6.42 Å². The summed E-state index contributed by atoms with van der Waals surface area (Å²) in [5, 5.41) is 11.9. The van der Waals surface area contributed by atoms with Gasteiger partial charge in [0.15, 0.2) is 0 Å². The molecule has 4 aliphatic carbocycles. The highest BCUT2D eigenvalue weighted by molar-refractivity contribution is 8.01. The van der Waals surface area contributed by atoms with Crippen molar-refractivity contribution in [2.75, 3.05) is 0 Å². The lowest BCUT2D eigenvalue weighted by molar-refractivity contribution is 0.0307. The molecule has 12 heavy (non-hydrogen) atoms. The van der Waals surface area contributed by atoms with E-state index >= 15 is 0 Å². The average Bonchev–Trinajstić information content (AvgIpc) is 2.47. The van der Waals surface area contributed by atoms with Crippen LogP contribution in [0.25, 0.3) is 0 Å². The van der Waals surface area contributed by atoms with E-state index in [1.54, 1.807) is 0 Å². The minimum Gasteiger partial charge on any atom is -0.392 e. The molecule has 64 valence electrons. The van der Waals surface area contributed by atoms with E-state index in [0.29, 0.717) is 0 Å². The van der Waals surface area contributed by atoms with Crippen LogP contribution >= 0.6 is 11.8 Å². The summed E-state index contributed by atoms with van der Waals surface area (Å²) >= 11 is 2.25. The molecular weight excluding hydrogens is 168 g/mol. The van der Waals surface area contributed by atoms with E-state index in [2.05, 4.69) is 11.8 Å². The molecule has 9 atom stereocenters. The van der Waals surface area contributed by atoms with Gasteiger partial charge in [0.1, 0.15) is 0 Å². The van der Waals surface area contributed by atoms with Gasteiger partial charge in [-0.3, -0.25) is 0 Å². The topological polar surface area (TPSA) is 20.2 Å². The highest BCUT2D eigenvalue weighted by Crippen LogP contribution is 2.82. The van der Waals surface area contributed by atoms with Gasteiger partial charge in [0.2, 0.25) is 0 Å². The van der Waals surface area contributed by atoms with E-state index in [1.807, 2.05) is 0 Å². The summed E-state index contributed by atoms with van der Waals surface area (Å²) < 4.78 is 0. The number of thioether (sulfide) groups is 1. The molecule has 0 aromatic rings. The predicted molar refractivity (Wildman–Crippen MR) is 46.7 cm³/mol. The van der Waals surface area contributed by atoms with Gasteiger partial charge in [-0.25, -0.2) is 0 Å². The number of hydrogen-bond acceptors (Lipinski definition) is 2. The maximum atomic E-state index is 10.1. The average molecular weight is 180 g/mol. The molecule has 5 aliphatic rings. The van der Waals surface area contributed by atoms with Crippen molar-refractivity contribution in [1.82, 2.24) is 0 Å². The lowest BCUT2D eigenvalue weighted by Crippen LogP contribution is -2.48. The molecule has 0 radical (unpaired) electrons. The molecule has 1 N–H and O–H groups in total. The van der Waals surface area contributed by atoms with Crippen LogP contribution in [0.3, 0.4) is 0 Å². The van der Waals surface area contributed by atoms with Gasteiger partial charge in [0.25, 0.3) is 0 Å². The summed E-state index contributed by atoms with van der Waals surface area (Å²) in [4.78, 5) is 0. The van der Waals surface area contributed by atoms with Crippen molar-refractivity contribution in [3.63, 3.8) is 0 Å². The van der Waals surface area contributed by atoms with Gasteiger partial charge in [-0.1, -0.05) is 0 Å². The van der Waals surface area contributed by atoms with Crippen LogP contribution in [-0.2, 0) is 0 Å². The van der Waals surface area contributed by atoms with E-state index in [-0.39, 0.29) is 6.10 Å². The second-order valence-corrected chi connectivity index (χ2v) is 6.79. The zero-order valence-corrected chi connectivity index (χ0v) is 7.58. The fourth-order valence-corrected chi connectivity index (χ4v) is 8.00. The Bertz CT molecular complexity index is 282. The van der Waals surface area contributed by atoms with Crippen LogP contribution in [0.1, 0.15) is 6.42 Å². The van der Waals surface area contributed by atoms with Crippen molar-refractivity contribution in [1.29, 1.82) is 0 Å². The summed E-state index contributed by atoms with van der Waals surface area (Å²) in [5.41, 5.74) is 0. The molecule has 5 fully saturated rings. The van der Waals surface area contributed by atoms with Gasteiger partial charge in [-0.05, 0) is 30.1 Å². The highest BCUT2D eigenvalue weighted by atomic mass is 32.2. The number of fused-ring (bicyclic) bond motifs is 2. The predicted octanol–water partition coefficient (Wildman–Crippen LogP) is 0.973. The molecule has 9 unspecified atom stereocenters. The van der Waals surface area contributed by atoms with Crippen molar-refractivity contribution < 1.29 is 5.11 Å².